The second-order valence-corrected chi connectivity index (χ2v) is 6.38. The largest absolute Gasteiger partial charge is 0.493 e. The summed E-state index contributed by atoms with van der Waals surface area (Å²) in [5.74, 6) is 1.14. The van der Waals surface area contributed by atoms with E-state index in [9.17, 15) is 4.79 Å². The molecule has 0 aliphatic heterocycles. The number of hydrogen-bond donors (Lipinski definition) is 1. The quantitative estimate of drug-likeness (QED) is 0.675. The van der Waals surface area contributed by atoms with Crippen molar-refractivity contribution < 1.29 is 14.3 Å². The fourth-order valence-electron chi connectivity index (χ4n) is 3.13. The van der Waals surface area contributed by atoms with Gasteiger partial charge in [-0.15, -0.1) is 0 Å². The lowest BCUT2D eigenvalue weighted by Gasteiger charge is -2.20. The summed E-state index contributed by atoms with van der Waals surface area (Å²) in [5.41, 5.74) is 2.95. The molecule has 1 N–H and O–H groups in total. The fraction of sp³-hybridized carbons (Fsp3) is 0.227. The number of carbonyl (C=O) groups excluding carboxylic acids is 1. The van der Waals surface area contributed by atoms with Crippen LogP contribution in [0.3, 0.4) is 0 Å². The van der Waals surface area contributed by atoms with Crippen LogP contribution in [0.5, 0.6) is 11.5 Å². The molecule has 140 valence electrons. The molecule has 3 aromatic rings. The number of rotatable bonds is 7. The molecular weight excluding hydrogens is 340 g/mol. The second-order valence-electron chi connectivity index (χ2n) is 6.38. The van der Waals surface area contributed by atoms with Gasteiger partial charge in [-0.1, -0.05) is 29.8 Å². The van der Waals surface area contributed by atoms with Crippen LogP contribution in [-0.2, 0) is 4.79 Å². The zero-order valence-corrected chi connectivity index (χ0v) is 15.8. The van der Waals surface area contributed by atoms with Gasteiger partial charge in [-0.2, -0.15) is 0 Å². The minimum Gasteiger partial charge on any atom is -0.493 e. The molecule has 0 bridgehead atoms. The highest BCUT2D eigenvalue weighted by Gasteiger charge is 2.18. The van der Waals surface area contributed by atoms with E-state index in [2.05, 4.69) is 35.0 Å². The van der Waals surface area contributed by atoms with Gasteiger partial charge in [0, 0.05) is 24.1 Å². The number of hydrogen-bond acceptors (Lipinski definition) is 3. The lowest BCUT2D eigenvalue weighted by molar-refractivity contribution is -0.116. The smallest absolute Gasteiger partial charge is 0.226 e. The van der Waals surface area contributed by atoms with Crippen LogP contribution in [0.2, 0.25) is 0 Å². The SMILES string of the molecule is COc1ccc(NC(=O)C[C@@H](c2cccc(C)c2)n2cccc2)cc1OC. The predicted molar refractivity (Wildman–Crippen MR) is 107 cm³/mol. The molecule has 0 fully saturated rings. The highest BCUT2D eigenvalue weighted by Crippen LogP contribution is 2.30. The van der Waals surface area contributed by atoms with Crippen LogP contribution in [-0.4, -0.2) is 24.7 Å². The number of aryl methyl sites for hydroxylation is 1. The van der Waals surface area contributed by atoms with Crippen molar-refractivity contribution in [3.63, 3.8) is 0 Å². The van der Waals surface area contributed by atoms with Gasteiger partial charge in [-0.25, -0.2) is 0 Å². The Balaban J connectivity index is 1.79. The monoisotopic (exact) mass is 364 g/mol. The maximum Gasteiger partial charge on any atom is 0.226 e. The van der Waals surface area contributed by atoms with Gasteiger partial charge in [0.2, 0.25) is 5.91 Å². The summed E-state index contributed by atoms with van der Waals surface area (Å²) in [5, 5.41) is 2.96. The van der Waals surface area contributed by atoms with Gasteiger partial charge in [-0.3, -0.25) is 4.79 Å². The normalized spacial score (nSPS) is 11.7. The molecule has 5 heteroatoms. The van der Waals surface area contributed by atoms with Gasteiger partial charge in [0.15, 0.2) is 11.5 Å². The Morgan fingerprint density at radius 3 is 2.41 bits per heavy atom. The summed E-state index contributed by atoms with van der Waals surface area (Å²) in [6, 6.07) is 17.5. The van der Waals surface area contributed by atoms with Crippen LogP contribution in [0.25, 0.3) is 0 Å². The van der Waals surface area contributed by atoms with Crippen LogP contribution < -0.4 is 14.8 Å². The number of anilines is 1. The standard InChI is InChI=1S/C22H24N2O3/c1-16-7-6-8-17(13-16)19(24-11-4-5-12-24)15-22(25)23-18-9-10-20(26-2)21(14-18)27-3/h4-14,19H,15H2,1-3H3,(H,23,25)/t19-/m0/s1. The number of benzene rings is 2. The highest BCUT2D eigenvalue weighted by atomic mass is 16.5. The molecule has 0 spiro atoms. The number of nitrogens with zero attached hydrogens (tertiary/aromatic N) is 1. The van der Waals surface area contributed by atoms with Crippen molar-refractivity contribution in [2.24, 2.45) is 0 Å². The van der Waals surface area contributed by atoms with Gasteiger partial charge in [0.1, 0.15) is 0 Å². The molecule has 0 aliphatic rings. The van der Waals surface area contributed by atoms with Gasteiger partial charge in [0.25, 0.3) is 0 Å². The first-order valence-electron chi connectivity index (χ1n) is 8.81. The summed E-state index contributed by atoms with van der Waals surface area (Å²) < 4.78 is 12.6. The molecule has 1 heterocycles. The Labute approximate surface area is 159 Å². The number of methoxy groups -OCH3 is 2. The van der Waals surface area contributed by atoms with E-state index in [0.29, 0.717) is 23.6 Å². The minimum atomic E-state index is -0.0694. The topological polar surface area (TPSA) is 52.5 Å². The van der Waals surface area contributed by atoms with Crippen molar-refractivity contribution in [3.8, 4) is 11.5 Å². The van der Waals surface area contributed by atoms with Gasteiger partial charge >= 0.3 is 0 Å². The molecule has 1 aromatic heterocycles. The Kier molecular flexibility index (Phi) is 5.81. The molecular formula is C22H24N2O3. The van der Waals surface area contributed by atoms with Crippen LogP contribution in [0.15, 0.2) is 67.0 Å². The first kappa shape index (κ1) is 18.6. The highest BCUT2D eigenvalue weighted by molar-refractivity contribution is 5.91. The number of amides is 1. The Hall–Kier alpha value is -3.21. The van der Waals surface area contributed by atoms with E-state index in [4.69, 9.17) is 9.47 Å². The lowest BCUT2D eigenvalue weighted by Crippen LogP contribution is -2.19. The van der Waals surface area contributed by atoms with Crippen LogP contribution >= 0.6 is 0 Å². The predicted octanol–water partition coefficient (Wildman–Crippen LogP) is 4.43. The van der Waals surface area contributed by atoms with Crippen LogP contribution in [0, 0.1) is 6.92 Å². The third-order valence-electron chi connectivity index (χ3n) is 4.46. The fourth-order valence-corrected chi connectivity index (χ4v) is 3.13. The van der Waals surface area contributed by atoms with Gasteiger partial charge in [-0.05, 0) is 36.8 Å². The van der Waals surface area contributed by atoms with Crippen molar-refractivity contribution in [2.45, 2.75) is 19.4 Å². The van der Waals surface area contributed by atoms with E-state index in [-0.39, 0.29) is 11.9 Å². The van der Waals surface area contributed by atoms with E-state index in [1.165, 1.54) is 5.56 Å². The van der Waals surface area contributed by atoms with E-state index >= 15 is 0 Å². The summed E-state index contributed by atoms with van der Waals surface area (Å²) in [7, 11) is 3.16. The maximum atomic E-state index is 12.7. The third-order valence-corrected chi connectivity index (χ3v) is 4.46. The number of nitrogens with one attached hydrogen (secondary N) is 1. The maximum absolute atomic E-state index is 12.7. The van der Waals surface area contributed by atoms with Crippen LogP contribution in [0.4, 0.5) is 5.69 Å². The third kappa shape index (κ3) is 4.50. The molecule has 5 nitrogen and oxygen atoms in total. The molecule has 1 atom stereocenters. The van der Waals surface area contributed by atoms with Gasteiger partial charge < -0.3 is 19.4 Å². The van der Waals surface area contributed by atoms with E-state index in [0.717, 1.165) is 5.56 Å². The average molecular weight is 364 g/mol. The van der Waals surface area contributed by atoms with Crippen molar-refractivity contribution in [1.29, 1.82) is 0 Å². The summed E-state index contributed by atoms with van der Waals surface area (Å²) in [4.78, 5) is 12.7. The first-order chi connectivity index (χ1) is 13.1. The summed E-state index contributed by atoms with van der Waals surface area (Å²) >= 11 is 0. The minimum absolute atomic E-state index is 0.0672. The first-order valence-corrected chi connectivity index (χ1v) is 8.81. The molecule has 3 rings (SSSR count). The molecule has 1 amide bonds. The Morgan fingerprint density at radius 1 is 1.00 bits per heavy atom. The van der Waals surface area contributed by atoms with Crippen LogP contribution in [0.1, 0.15) is 23.6 Å². The average Bonchev–Trinajstić information content (AvgIpc) is 3.20. The van der Waals surface area contributed by atoms with E-state index in [1.807, 2.05) is 30.6 Å². The van der Waals surface area contributed by atoms with E-state index in [1.54, 1.807) is 32.4 Å². The lowest BCUT2D eigenvalue weighted by atomic mass is 10.0. The second kappa shape index (κ2) is 8.45. The number of carbonyl (C=O) groups is 1. The van der Waals surface area contributed by atoms with Crippen molar-refractivity contribution in [1.82, 2.24) is 4.57 Å². The molecule has 0 saturated heterocycles. The Morgan fingerprint density at radius 2 is 1.74 bits per heavy atom. The van der Waals surface area contributed by atoms with Crippen molar-refractivity contribution >= 4 is 11.6 Å². The summed E-state index contributed by atoms with van der Waals surface area (Å²) in [6.45, 7) is 2.06. The van der Waals surface area contributed by atoms with E-state index < -0.39 is 0 Å². The molecule has 0 aliphatic carbocycles. The Bertz CT molecular complexity index is 904. The van der Waals surface area contributed by atoms with Gasteiger partial charge in [0.05, 0.1) is 26.7 Å². The molecule has 0 radical (unpaired) electrons. The van der Waals surface area contributed by atoms with Crippen molar-refractivity contribution in [2.75, 3.05) is 19.5 Å². The molecule has 27 heavy (non-hydrogen) atoms. The summed E-state index contributed by atoms with van der Waals surface area (Å²) in [6.07, 6.45) is 4.29. The van der Waals surface area contributed by atoms with Crippen molar-refractivity contribution in [3.05, 3.63) is 78.1 Å². The molecule has 0 unspecified atom stereocenters. The zero-order valence-electron chi connectivity index (χ0n) is 15.8. The number of ether oxygens (including phenoxy) is 2. The molecule has 0 saturated carbocycles. The number of aromatic nitrogens is 1. The zero-order chi connectivity index (χ0) is 19.2. The molecule has 2 aromatic carbocycles.